The molecule has 0 bridgehead atoms. The molecule has 0 radical (unpaired) electrons. The number of hydrogen-bond donors (Lipinski definition) is 3. The Morgan fingerprint density at radius 3 is 1.02 bits per heavy atom. The van der Waals surface area contributed by atoms with E-state index in [2.05, 4.69) is 19.2 Å². The Kier molecular flexibility index (Phi) is 49.5. The Morgan fingerprint density at radius 2 is 0.683 bits per heavy atom. The van der Waals surface area contributed by atoms with Gasteiger partial charge in [-0.1, -0.05) is 271 Å². The third kappa shape index (κ3) is 46.4. The number of esters is 1. The van der Waals surface area contributed by atoms with E-state index < -0.39 is 12.1 Å². The molecule has 3 N–H and O–H groups in total. The molecule has 6 nitrogen and oxygen atoms in total. The Hall–Kier alpha value is -1.14. The molecule has 60 heavy (non-hydrogen) atoms. The number of carbonyl (C=O) groups excluding carboxylic acids is 2. The van der Waals surface area contributed by atoms with Crippen LogP contribution in [-0.4, -0.2) is 47.4 Å². The van der Waals surface area contributed by atoms with Gasteiger partial charge < -0.3 is 20.3 Å². The third-order valence-corrected chi connectivity index (χ3v) is 12.9. The summed E-state index contributed by atoms with van der Waals surface area (Å²) in [6, 6.07) is -0.541. The number of nitrogens with one attached hydrogen (secondary N) is 1. The average Bonchev–Trinajstić information content (AvgIpc) is 3.25. The van der Waals surface area contributed by atoms with E-state index in [-0.39, 0.29) is 18.5 Å². The highest BCUT2D eigenvalue weighted by molar-refractivity contribution is 5.76. The summed E-state index contributed by atoms with van der Waals surface area (Å²) < 4.78 is 5.46. The first kappa shape index (κ1) is 58.9. The van der Waals surface area contributed by atoms with Crippen molar-refractivity contribution in [2.45, 2.75) is 321 Å². The molecular weight excluding hydrogens is 743 g/mol. The van der Waals surface area contributed by atoms with Crippen molar-refractivity contribution < 1.29 is 24.5 Å². The fourth-order valence-electron chi connectivity index (χ4n) is 8.70. The SMILES string of the molecule is CCCCCCCCCCCCCCC(=O)OCCCCCCCCCCCCCCCCCCCCCC(=O)NC(CO)C(O)CCCCCCCCCCCCCC. The minimum atomic E-state index is -0.663. The second-order valence-electron chi connectivity index (χ2n) is 18.9. The van der Waals surface area contributed by atoms with Gasteiger partial charge in [-0.05, 0) is 25.7 Å². The second kappa shape index (κ2) is 50.5. The summed E-state index contributed by atoms with van der Waals surface area (Å²) in [7, 11) is 0. The van der Waals surface area contributed by atoms with Crippen LogP contribution in [0.5, 0.6) is 0 Å². The Bertz CT molecular complexity index is 852. The summed E-state index contributed by atoms with van der Waals surface area (Å²) >= 11 is 0. The van der Waals surface area contributed by atoms with Gasteiger partial charge >= 0.3 is 5.97 Å². The van der Waals surface area contributed by atoms with Crippen molar-refractivity contribution in [3.05, 3.63) is 0 Å². The number of rotatable bonds is 51. The predicted octanol–water partition coefficient (Wildman–Crippen LogP) is 16.4. The lowest BCUT2D eigenvalue weighted by atomic mass is 10.0. The van der Waals surface area contributed by atoms with Crippen molar-refractivity contribution in [1.29, 1.82) is 0 Å². The quantitative estimate of drug-likeness (QED) is 0.0418. The molecule has 6 heteroatoms. The summed E-state index contributed by atoms with van der Waals surface area (Å²) in [6.45, 7) is 4.95. The van der Waals surface area contributed by atoms with E-state index in [0.29, 0.717) is 25.9 Å². The van der Waals surface area contributed by atoms with Crippen LogP contribution >= 0.6 is 0 Å². The molecule has 0 aliphatic heterocycles. The lowest BCUT2D eigenvalue weighted by molar-refractivity contribution is -0.143. The molecule has 0 saturated carbocycles. The first-order valence-electron chi connectivity index (χ1n) is 27.3. The molecule has 0 aromatic heterocycles. The van der Waals surface area contributed by atoms with E-state index in [1.807, 2.05) is 0 Å². The van der Waals surface area contributed by atoms with E-state index in [1.165, 1.54) is 238 Å². The fraction of sp³-hybridized carbons (Fsp3) is 0.963. The minimum absolute atomic E-state index is 0.0103. The van der Waals surface area contributed by atoms with Crippen LogP contribution < -0.4 is 5.32 Å². The van der Waals surface area contributed by atoms with E-state index >= 15 is 0 Å². The zero-order valence-electron chi connectivity index (χ0n) is 40.7. The maximum Gasteiger partial charge on any atom is 0.305 e. The van der Waals surface area contributed by atoms with E-state index in [4.69, 9.17) is 4.74 Å². The van der Waals surface area contributed by atoms with Crippen LogP contribution in [0.4, 0.5) is 0 Å². The molecule has 0 aromatic carbocycles. The molecule has 0 rings (SSSR count). The Morgan fingerprint density at radius 1 is 0.400 bits per heavy atom. The van der Waals surface area contributed by atoms with Gasteiger partial charge in [-0.2, -0.15) is 0 Å². The average molecular weight is 850 g/mol. The molecule has 0 aromatic rings. The zero-order valence-corrected chi connectivity index (χ0v) is 40.7. The molecule has 0 saturated heterocycles. The number of unbranched alkanes of at least 4 members (excludes halogenated alkanes) is 40. The highest BCUT2D eigenvalue weighted by atomic mass is 16.5. The third-order valence-electron chi connectivity index (χ3n) is 12.9. The second-order valence-corrected chi connectivity index (χ2v) is 18.9. The summed E-state index contributed by atoms with van der Waals surface area (Å²) in [5.74, 6) is -0.0266. The summed E-state index contributed by atoms with van der Waals surface area (Å²) in [6.07, 6.45) is 56.5. The summed E-state index contributed by atoms with van der Waals surface area (Å²) in [5, 5.41) is 23.2. The molecule has 1 amide bonds. The molecule has 0 aliphatic rings. The van der Waals surface area contributed by atoms with Gasteiger partial charge in [-0.25, -0.2) is 0 Å². The first-order chi connectivity index (χ1) is 29.5. The number of ether oxygens (including phenoxy) is 1. The van der Waals surface area contributed by atoms with Crippen molar-refractivity contribution >= 4 is 11.9 Å². The van der Waals surface area contributed by atoms with Crippen LogP contribution in [0, 0.1) is 0 Å². The number of carbonyl (C=O) groups is 2. The monoisotopic (exact) mass is 850 g/mol. The standard InChI is InChI=1S/C54H107NO5/c1-3-5-7-9-11-13-15-26-30-34-38-42-46-52(57)51(50-56)55-53(58)47-43-39-35-31-27-24-22-20-18-17-19-21-23-25-29-33-37-41-45-49-60-54(59)48-44-40-36-32-28-16-14-12-10-8-6-4-2/h51-52,56-57H,3-50H2,1-2H3,(H,55,58). The van der Waals surface area contributed by atoms with Gasteiger partial charge in [-0.15, -0.1) is 0 Å². The zero-order chi connectivity index (χ0) is 43.7. The summed E-state index contributed by atoms with van der Waals surface area (Å²) in [4.78, 5) is 24.4. The van der Waals surface area contributed by atoms with Crippen LogP contribution in [-0.2, 0) is 14.3 Å². The molecule has 358 valence electrons. The van der Waals surface area contributed by atoms with Crippen molar-refractivity contribution in [1.82, 2.24) is 5.32 Å². The van der Waals surface area contributed by atoms with Crippen molar-refractivity contribution in [3.8, 4) is 0 Å². The molecule has 2 atom stereocenters. The topological polar surface area (TPSA) is 95.9 Å². The van der Waals surface area contributed by atoms with Crippen LogP contribution in [0.25, 0.3) is 0 Å². The molecule has 2 unspecified atom stereocenters. The first-order valence-corrected chi connectivity index (χ1v) is 27.3. The highest BCUT2D eigenvalue weighted by Gasteiger charge is 2.20. The molecule has 0 aliphatic carbocycles. The highest BCUT2D eigenvalue weighted by Crippen LogP contribution is 2.17. The maximum absolute atomic E-state index is 12.4. The van der Waals surface area contributed by atoms with Crippen molar-refractivity contribution in [2.75, 3.05) is 13.2 Å². The van der Waals surface area contributed by atoms with E-state index in [9.17, 15) is 19.8 Å². The van der Waals surface area contributed by atoms with Crippen LogP contribution in [0.1, 0.15) is 309 Å². The molecular formula is C54H107NO5. The van der Waals surface area contributed by atoms with Crippen molar-refractivity contribution in [3.63, 3.8) is 0 Å². The number of aliphatic hydroxyl groups excluding tert-OH is 2. The van der Waals surface area contributed by atoms with Crippen molar-refractivity contribution in [2.24, 2.45) is 0 Å². The van der Waals surface area contributed by atoms with Gasteiger partial charge in [0.15, 0.2) is 0 Å². The lowest BCUT2D eigenvalue weighted by Gasteiger charge is -2.22. The lowest BCUT2D eigenvalue weighted by Crippen LogP contribution is -2.45. The molecule has 0 heterocycles. The largest absolute Gasteiger partial charge is 0.466 e. The number of aliphatic hydroxyl groups is 2. The van der Waals surface area contributed by atoms with Crippen LogP contribution in [0.2, 0.25) is 0 Å². The minimum Gasteiger partial charge on any atom is -0.466 e. The van der Waals surface area contributed by atoms with Gasteiger partial charge in [0.25, 0.3) is 0 Å². The summed E-state index contributed by atoms with van der Waals surface area (Å²) in [5.41, 5.74) is 0. The van der Waals surface area contributed by atoms with Crippen LogP contribution in [0.15, 0.2) is 0 Å². The number of amides is 1. The Balaban J connectivity index is 3.38. The maximum atomic E-state index is 12.4. The van der Waals surface area contributed by atoms with Gasteiger partial charge in [0.1, 0.15) is 0 Å². The molecule has 0 fully saturated rings. The van der Waals surface area contributed by atoms with Gasteiger partial charge in [-0.3, -0.25) is 9.59 Å². The Labute approximate surface area is 375 Å². The van der Waals surface area contributed by atoms with E-state index in [1.54, 1.807) is 0 Å². The van der Waals surface area contributed by atoms with E-state index in [0.717, 1.165) is 38.5 Å². The molecule has 0 spiro atoms. The van der Waals surface area contributed by atoms with Gasteiger partial charge in [0.2, 0.25) is 5.91 Å². The van der Waals surface area contributed by atoms with Crippen LogP contribution in [0.3, 0.4) is 0 Å². The number of hydrogen-bond acceptors (Lipinski definition) is 5. The van der Waals surface area contributed by atoms with Gasteiger partial charge in [0, 0.05) is 12.8 Å². The smallest absolute Gasteiger partial charge is 0.305 e. The fourth-order valence-corrected chi connectivity index (χ4v) is 8.70. The predicted molar refractivity (Wildman–Crippen MR) is 260 cm³/mol. The normalized spacial score (nSPS) is 12.5. The van der Waals surface area contributed by atoms with Gasteiger partial charge in [0.05, 0.1) is 25.4 Å².